The number of aromatic nitrogens is 6. The highest BCUT2D eigenvalue weighted by Crippen LogP contribution is 2.29. The van der Waals surface area contributed by atoms with Crippen molar-refractivity contribution >= 4 is 11.8 Å². The lowest BCUT2D eigenvalue weighted by molar-refractivity contribution is 0.499. The summed E-state index contributed by atoms with van der Waals surface area (Å²) in [5, 5.41) is 17.6. The van der Waals surface area contributed by atoms with Gasteiger partial charge in [-0.05, 0) is 32.0 Å². The van der Waals surface area contributed by atoms with Crippen molar-refractivity contribution in [3.8, 4) is 22.8 Å². The molecule has 0 bridgehead atoms. The molecular formula is C19H18N6O2S. The quantitative estimate of drug-likeness (QED) is 0.342. The summed E-state index contributed by atoms with van der Waals surface area (Å²) in [6.45, 7) is 8.18. The molecule has 0 fully saturated rings. The third-order valence-corrected chi connectivity index (χ3v) is 4.98. The fourth-order valence-electron chi connectivity index (χ4n) is 2.79. The molecule has 9 heteroatoms. The molecule has 0 aliphatic carbocycles. The van der Waals surface area contributed by atoms with E-state index in [1.54, 1.807) is 12.4 Å². The summed E-state index contributed by atoms with van der Waals surface area (Å²) in [5.41, 5.74) is 1.76. The third-order valence-electron chi connectivity index (χ3n) is 4.03. The van der Waals surface area contributed by atoms with E-state index in [0.717, 1.165) is 33.6 Å². The van der Waals surface area contributed by atoms with Gasteiger partial charge in [-0.15, -0.1) is 27.0 Å². The molecule has 28 heavy (non-hydrogen) atoms. The molecule has 0 aromatic carbocycles. The molecule has 142 valence electrons. The Morgan fingerprint density at radius 2 is 1.93 bits per heavy atom. The average Bonchev–Trinajstić information content (AvgIpc) is 3.40. The van der Waals surface area contributed by atoms with E-state index in [9.17, 15) is 0 Å². The number of allylic oxidation sites excluding steroid dienone is 1. The number of aryl methyl sites for hydroxylation is 2. The zero-order chi connectivity index (χ0) is 19.5. The summed E-state index contributed by atoms with van der Waals surface area (Å²) in [7, 11) is 0. The second-order valence-corrected chi connectivity index (χ2v) is 7.00. The molecule has 4 rings (SSSR count). The number of hydrogen-bond acceptors (Lipinski definition) is 8. The average molecular weight is 394 g/mol. The van der Waals surface area contributed by atoms with Gasteiger partial charge in [-0.2, -0.15) is 0 Å². The van der Waals surface area contributed by atoms with Crippen molar-refractivity contribution in [2.75, 3.05) is 0 Å². The van der Waals surface area contributed by atoms with Crippen LogP contribution in [0.25, 0.3) is 22.8 Å². The molecule has 0 saturated carbocycles. The van der Waals surface area contributed by atoms with Crippen LogP contribution in [-0.2, 0) is 12.3 Å². The fraction of sp³-hybridized carbons (Fsp3) is 0.211. The number of rotatable bonds is 7. The van der Waals surface area contributed by atoms with Gasteiger partial charge >= 0.3 is 0 Å². The smallest absolute Gasteiger partial charge is 0.251 e. The number of nitrogens with zero attached hydrogens (tertiary/aromatic N) is 6. The van der Waals surface area contributed by atoms with Crippen molar-refractivity contribution in [1.29, 1.82) is 0 Å². The maximum atomic E-state index is 5.79. The van der Waals surface area contributed by atoms with Crippen LogP contribution in [0.3, 0.4) is 0 Å². The van der Waals surface area contributed by atoms with Crippen LogP contribution in [0.4, 0.5) is 0 Å². The molecule has 0 spiro atoms. The van der Waals surface area contributed by atoms with Crippen LogP contribution in [0.15, 0.2) is 57.2 Å². The van der Waals surface area contributed by atoms with Gasteiger partial charge in [0.15, 0.2) is 11.0 Å². The van der Waals surface area contributed by atoms with Crippen LogP contribution in [0.2, 0.25) is 0 Å². The van der Waals surface area contributed by atoms with Crippen LogP contribution in [-0.4, -0.2) is 29.9 Å². The lowest BCUT2D eigenvalue weighted by Gasteiger charge is -2.06. The topological polar surface area (TPSA) is 95.7 Å². The molecule has 0 radical (unpaired) electrons. The Hall–Kier alpha value is -3.20. The van der Waals surface area contributed by atoms with Crippen molar-refractivity contribution in [2.24, 2.45) is 0 Å². The van der Waals surface area contributed by atoms with Gasteiger partial charge < -0.3 is 8.83 Å². The summed E-state index contributed by atoms with van der Waals surface area (Å²) in [4.78, 5) is 4.05. The summed E-state index contributed by atoms with van der Waals surface area (Å²) < 4.78 is 13.3. The highest BCUT2D eigenvalue weighted by molar-refractivity contribution is 7.98. The molecule has 4 heterocycles. The zero-order valence-corrected chi connectivity index (χ0v) is 16.3. The van der Waals surface area contributed by atoms with Gasteiger partial charge in [0, 0.05) is 24.5 Å². The summed E-state index contributed by atoms with van der Waals surface area (Å²) >= 11 is 1.48. The number of thioether (sulfide) groups is 1. The molecular weight excluding hydrogens is 376 g/mol. The lowest BCUT2D eigenvalue weighted by Crippen LogP contribution is -2.00. The molecule has 0 aliphatic heterocycles. The molecule has 8 nitrogen and oxygen atoms in total. The fourth-order valence-corrected chi connectivity index (χ4v) is 3.58. The third kappa shape index (κ3) is 3.61. The number of furan rings is 1. The first kappa shape index (κ1) is 18.2. The first-order chi connectivity index (χ1) is 13.7. The molecule has 0 unspecified atom stereocenters. The van der Waals surface area contributed by atoms with E-state index in [2.05, 4.69) is 32.0 Å². The van der Waals surface area contributed by atoms with Crippen LogP contribution < -0.4 is 0 Å². The minimum atomic E-state index is 0.454. The van der Waals surface area contributed by atoms with Crippen LogP contribution in [0.5, 0.6) is 0 Å². The van der Waals surface area contributed by atoms with Crippen molar-refractivity contribution in [3.63, 3.8) is 0 Å². The Labute approximate surface area is 165 Å². The summed E-state index contributed by atoms with van der Waals surface area (Å²) in [6.07, 6.45) is 5.27. The maximum Gasteiger partial charge on any atom is 0.251 e. The van der Waals surface area contributed by atoms with Gasteiger partial charge in [0.2, 0.25) is 5.89 Å². The summed E-state index contributed by atoms with van der Waals surface area (Å²) in [6, 6.07) is 5.69. The van der Waals surface area contributed by atoms with E-state index in [-0.39, 0.29) is 0 Å². The monoisotopic (exact) mass is 394 g/mol. The highest BCUT2D eigenvalue weighted by atomic mass is 32.2. The minimum absolute atomic E-state index is 0.454. The number of hydrogen-bond donors (Lipinski definition) is 0. The maximum absolute atomic E-state index is 5.79. The Kier molecular flexibility index (Phi) is 5.07. The molecule has 0 atom stereocenters. The molecule has 0 amide bonds. The molecule has 4 aromatic heterocycles. The zero-order valence-electron chi connectivity index (χ0n) is 15.5. The van der Waals surface area contributed by atoms with E-state index in [4.69, 9.17) is 8.83 Å². The van der Waals surface area contributed by atoms with Crippen LogP contribution in [0, 0.1) is 13.8 Å². The predicted octanol–water partition coefficient (Wildman–Crippen LogP) is 4.08. The Balaban J connectivity index is 1.53. The summed E-state index contributed by atoms with van der Waals surface area (Å²) in [5.74, 6) is 3.78. The first-order valence-electron chi connectivity index (χ1n) is 8.62. The van der Waals surface area contributed by atoms with Gasteiger partial charge in [0.1, 0.15) is 11.5 Å². The Morgan fingerprint density at radius 1 is 1.11 bits per heavy atom. The van der Waals surface area contributed by atoms with Crippen molar-refractivity contribution < 1.29 is 8.83 Å². The lowest BCUT2D eigenvalue weighted by atomic mass is 10.2. The van der Waals surface area contributed by atoms with Crippen molar-refractivity contribution in [1.82, 2.24) is 29.9 Å². The minimum Gasteiger partial charge on any atom is -0.466 e. The first-order valence-corrected chi connectivity index (χ1v) is 9.61. The van der Waals surface area contributed by atoms with E-state index in [1.807, 2.05) is 42.7 Å². The largest absolute Gasteiger partial charge is 0.466 e. The van der Waals surface area contributed by atoms with Gasteiger partial charge in [0.05, 0.1) is 11.3 Å². The SMILES string of the molecule is C=CCn1c(SCc2nnc(-c3cc(C)oc3C)o2)nnc1-c1ccncc1. The number of pyridine rings is 1. The normalized spacial score (nSPS) is 11.1. The molecule has 0 aliphatic rings. The molecule has 0 N–H and O–H groups in total. The second kappa shape index (κ2) is 7.81. The van der Waals surface area contributed by atoms with E-state index in [1.165, 1.54) is 11.8 Å². The van der Waals surface area contributed by atoms with Gasteiger partial charge in [-0.3, -0.25) is 9.55 Å². The van der Waals surface area contributed by atoms with Gasteiger partial charge in [-0.1, -0.05) is 17.8 Å². The van der Waals surface area contributed by atoms with Crippen LogP contribution >= 0.6 is 11.8 Å². The second-order valence-electron chi connectivity index (χ2n) is 6.06. The van der Waals surface area contributed by atoms with E-state index < -0.39 is 0 Å². The molecule has 0 saturated heterocycles. The van der Waals surface area contributed by atoms with Crippen molar-refractivity contribution in [2.45, 2.75) is 31.3 Å². The van der Waals surface area contributed by atoms with E-state index >= 15 is 0 Å². The van der Waals surface area contributed by atoms with E-state index in [0.29, 0.717) is 24.1 Å². The highest BCUT2D eigenvalue weighted by Gasteiger charge is 2.17. The van der Waals surface area contributed by atoms with Gasteiger partial charge in [-0.25, -0.2) is 0 Å². The van der Waals surface area contributed by atoms with Gasteiger partial charge in [0.25, 0.3) is 5.89 Å². The van der Waals surface area contributed by atoms with Crippen LogP contribution in [0.1, 0.15) is 17.4 Å². The molecule has 4 aromatic rings. The standard InChI is InChI=1S/C19H18N6O2S/c1-4-9-25-17(14-5-7-20-8-6-14)22-24-19(25)28-11-16-21-23-18(27-16)15-10-12(2)26-13(15)3/h4-8,10H,1,9,11H2,2-3H3. The Bertz CT molecular complexity index is 1100. The Morgan fingerprint density at radius 3 is 2.64 bits per heavy atom. The predicted molar refractivity (Wildman–Crippen MR) is 104 cm³/mol. The van der Waals surface area contributed by atoms with Crippen molar-refractivity contribution in [3.05, 3.63) is 60.7 Å².